The Morgan fingerprint density at radius 2 is 1.09 bits per heavy atom. The van der Waals surface area contributed by atoms with Crippen molar-refractivity contribution in [3.63, 3.8) is 0 Å². The zero-order chi connectivity index (χ0) is 37.7. The van der Waals surface area contributed by atoms with Gasteiger partial charge in [0.15, 0.2) is 5.84 Å². The first-order chi connectivity index (χ1) is 28.1. The molecule has 2 aliphatic rings. The molecule has 5 nitrogen and oxygen atoms in total. The predicted molar refractivity (Wildman–Crippen MR) is 229 cm³/mol. The molecule has 0 bridgehead atoms. The number of furan rings is 1. The molecule has 2 aliphatic carbocycles. The van der Waals surface area contributed by atoms with Gasteiger partial charge in [-0.1, -0.05) is 146 Å². The molecule has 1 spiro atoms. The van der Waals surface area contributed by atoms with Crippen molar-refractivity contribution < 1.29 is 4.42 Å². The summed E-state index contributed by atoms with van der Waals surface area (Å²) in [5.41, 5.74) is 17.4. The minimum Gasteiger partial charge on any atom is -0.456 e. The lowest BCUT2D eigenvalue weighted by atomic mass is 9.70. The van der Waals surface area contributed by atoms with Crippen molar-refractivity contribution in [2.24, 2.45) is 4.99 Å². The molecule has 0 amide bonds. The number of amidine groups is 1. The standard InChI is InChI=1S/C52H32N4O/c53-50(56-51-54-46-22-9-4-18-40(46)49(55-51)33-24-26-39-38-17-5-10-23-47(38)57-48(39)30-33)34-13-11-12-31(28-34)32-25-27-45-41(29-32)37-16-3-8-21-44(37)52(45)42-19-6-1-14-35(42)36-15-2-7-20-43(36)52/h1-30H,(H2,53,54,55,56). The van der Waals surface area contributed by atoms with Crippen LogP contribution in [0, 0.1) is 5.41 Å². The van der Waals surface area contributed by atoms with Crippen LogP contribution in [0.3, 0.4) is 0 Å². The van der Waals surface area contributed by atoms with Crippen LogP contribution in [0.2, 0.25) is 0 Å². The van der Waals surface area contributed by atoms with E-state index in [4.69, 9.17) is 14.4 Å². The average Bonchev–Trinajstić information content (AvgIpc) is 3.90. The second kappa shape index (κ2) is 11.9. The highest BCUT2D eigenvalue weighted by Crippen LogP contribution is 2.62. The minimum atomic E-state index is -0.374. The Hall–Kier alpha value is -7.63. The quantitative estimate of drug-likeness (QED) is 0.140. The molecule has 0 unspecified atom stereocenters. The number of rotatable bonds is 3. The Bertz CT molecular complexity index is 3360. The van der Waals surface area contributed by atoms with Crippen molar-refractivity contribution in [3.8, 4) is 44.6 Å². The highest BCUT2D eigenvalue weighted by molar-refractivity contribution is 6.07. The maximum atomic E-state index is 9.20. The molecular weight excluding hydrogens is 697 g/mol. The van der Waals surface area contributed by atoms with Gasteiger partial charge in [0.2, 0.25) is 5.62 Å². The first-order valence-electron chi connectivity index (χ1n) is 19.2. The van der Waals surface area contributed by atoms with Crippen molar-refractivity contribution in [1.29, 1.82) is 5.41 Å². The Morgan fingerprint density at radius 3 is 1.86 bits per heavy atom. The Balaban J connectivity index is 0.947. The van der Waals surface area contributed by atoms with E-state index in [9.17, 15) is 5.41 Å². The summed E-state index contributed by atoms with van der Waals surface area (Å²) in [6, 6.07) is 64.0. The average molecular weight is 729 g/mol. The molecule has 0 saturated carbocycles. The first-order valence-corrected chi connectivity index (χ1v) is 19.2. The molecular formula is C52H32N4O. The van der Waals surface area contributed by atoms with Crippen LogP contribution in [0.15, 0.2) is 191 Å². The van der Waals surface area contributed by atoms with E-state index in [2.05, 4.69) is 132 Å². The van der Waals surface area contributed by atoms with Gasteiger partial charge in [-0.15, -0.1) is 0 Å². The molecule has 57 heavy (non-hydrogen) atoms. The second-order valence-electron chi connectivity index (χ2n) is 15.0. The topological polar surface area (TPSA) is 78.0 Å². The number of aromatic amines is 1. The third-order valence-electron chi connectivity index (χ3n) is 12.0. The fourth-order valence-corrected chi connectivity index (χ4v) is 9.55. The Labute approximate surface area is 327 Å². The van der Waals surface area contributed by atoms with Gasteiger partial charge in [0.25, 0.3) is 0 Å². The predicted octanol–water partition coefficient (Wildman–Crippen LogP) is 12.1. The molecule has 2 heterocycles. The number of para-hydroxylation sites is 2. The molecule has 0 radical (unpaired) electrons. The molecule has 0 fully saturated rings. The summed E-state index contributed by atoms with van der Waals surface area (Å²) < 4.78 is 6.23. The van der Waals surface area contributed by atoms with E-state index in [1.54, 1.807) is 0 Å². The Morgan fingerprint density at radius 1 is 0.491 bits per heavy atom. The normalized spacial score (nSPS) is 13.6. The monoisotopic (exact) mass is 728 g/mol. The van der Waals surface area contributed by atoms with Crippen LogP contribution in [-0.2, 0) is 5.41 Å². The highest BCUT2D eigenvalue weighted by Gasteiger charge is 2.51. The number of nitrogens with zero attached hydrogens (tertiary/aromatic N) is 2. The molecule has 0 atom stereocenters. The molecule has 266 valence electrons. The lowest BCUT2D eigenvalue weighted by Gasteiger charge is -2.30. The van der Waals surface area contributed by atoms with Gasteiger partial charge in [0.05, 0.1) is 16.6 Å². The van der Waals surface area contributed by atoms with Crippen molar-refractivity contribution in [2.75, 3.05) is 0 Å². The largest absolute Gasteiger partial charge is 0.456 e. The van der Waals surface area contributed by atoms with Crippen LogP contribution in [-0.4, -0.2) is 15.8 Å². The van der Waals surface area contributed by atoms with Crippen LogP contribution >= 0.6 is 0 Å². The van der Waals surface area contributed by atoms with E-state index in [0.29, 0.717) is 11.2 Å². The zero-order valence-corrected chi connectivity index (χ0v) is 30.6. The maximum Gasteiger partial charge on any atom is 0.229 e. The fourth-order valence-electron chi connectivity index (χ4n) is 9.55. The third kappa shape index (κ3) is 4.54. The van der Waals surface area contributed by atoms with Gasteiger partial charge in [0.1, 0.15) is 11.2 Å². The summed E-state index contributed by atoms with van der Waals surface area (Å²) in [6.45, 7) is 0. The van der Waals surface area contributed by atoms with Crippen LogP contribution in [0.5, 0.6) is 0 Å². The van der Waals surface area contributed by atoms with Crippen LogP contribution < -0.4 is 5.62 Å². The molecule has 10 aromatic rings. The van der Waals surface area contributed by atoms with Crippen molar-refractivity contribution in [2.45, 2.75) is 5.41 Å². The van der Waals surface area contributed by atoms with E-state index >= 15 is 0 Å². The van der Waals surface area contributed by atoms with Crippen LogP contribution in [0.25, 0.3) is 77.5 Å². The fraction of sp³-hybridized carbons (Fsp3) is 0.0192. The maximum absolute atomic E-state index is 9.20. The summed E-state index contributed by atoms with van der Waals surface area (Å²) >= 11 is 0. The zero-order valence-electron chi connectivity index (χ0n) is 30.6. The third-order valence-corrected chi connectivity index (χ3v) is 12.0. The Kier molecular flexibility index (Phi) is 6.64. The summed E-state index contributed by atoms with van der Waals surface area (Å²) in [5.74, 6) is 0.124. The minimum absolute atomic E-state index is 0.124. The van der Waals surface area contributed by atoms with E-state index in [0.717, 1.165) is 55.2 Å². The van der Waals surface area contributed by atoms with Gasteiger partial charge in [-0.05, 0) is 92.0 Å². The van der Waals surface area contributed by atoms with Gasteiger partial charge in [0, 0.05) is 27.3 Å². The van der Waals surface area contributed by atoms with Gasteiger partial charge in [-0.25, -0.2) is 4.98 Å². The van der Waals surface area contributed by atoms with Crippen LogP contribution in [0.1, 0.15) is 27.8 Å². The molecule has 2 N–H and O–H groups in total. The van der Waals surface area contributed by atoms with E-state index in [-0.39, 0.29) is 11.3 Å². The van der Waals surface area contributed by atoms with E-state index in [1.807, 2.05) is 54.6 Å². The highest BCUT2D eigenvalue weighted by atomic mass is 16.3. The lowest BCUT2D eigenvalue weighted by molar-refractivity contribution is 0.669. The van der Waals surface area contributed by atoms with Gasteiger partial charge in [-0.2, -0.15) is 4.99 Å². The second-order valence-corrected chi connectivity index (χ2v) is 15.0. The molecule has 0 aliphatic heterocycles. The molecule has 12 rings (SSSR count). The summed E-state index contributed by atoms with van der Waals surface area (Å²) in [7, 11) is 0. The number of hydrogen-bond donors (Lipinski definition) is 2. The number of benzene rings is 8. The van der Waals surface area contributed by atoms with Crippen molar-refractivity contribution in [1.82, 2.24) is 9.97 Å². The molecule has 0 saturated heterocycles. The van der Waals surface area contributed by atoms with Gasteiger partial charge in [-0.3, -0.25) is 5.41 Å². The number of nitrogens with one attached hydrogen (secondary N) is 2. The number of fused-ring (bicyclic) bond motifs is 14. The smallest absolute Gasteiger partial charge is 0.229 e. The first kappa shape index (κ1) is 31.7. The van der Waals surface area contributed by atoms with Crippen molar-refractivity contribution in [3.05, 3.63) is 215 Å². The summed E-state index contributed by atoms with van der Waals surface area (Å²) in [4.78, 5) is 13.1. The molecule has 2 aromatic heterocycles. The molecule has 5 heteroatoms. The van der Waals surface area contributed by atoms with E-state index < -0.39 is 0 Å². The summed E-state index contributed by atoms with van der Waals surface area (Å²) in [5, 5.41) is 12.3. The number of hydrogen-bond acceptors (Lipinski definition) is 3. The summed E-state index contributed by atoms with van der Waals surface area (Å²) in [6.07, 6.45) is 0. The SMILES string of the molecule is N=C(N=c1nc(-c2ccc3c(c2)oc2ccccc23)c2ccccc2[nH]1)c1cccc(-c2ccc3c(c2)-c2ccccc2C32c3ccccc3-c3ccccc32)c1. The van der Waals surface area contributed by atoms with Crippen molar-refractivity contribution >= 4 is 38.7 Å². The van der Waals surface area contributed by atoms with Crippen LogP contribution in [0.4, 0.5) is 0 Å². The van der Waals surface area contributed by atoms with E-state index in [1.165, 1.54) is 44.5 Å². The number of H-pyrrole nitrogens is 1. The van der Waals surface area contributed by atoms with Gasteiger partial charge < -0.3 is 9.40 Å². The lowest BCUT2D eigenvalue weighted by Crippen LogP contribution is -2.25. The van der Waals surface area contributed by atoms with Gasteiger partial charge >= 0.3 is 0 Å². The number of aromatic nitrogens is 2. The molecule has 8 aromatic carbocycles.